The summed E-state index contributed by atoms with van der Waals surface area (Å²) in [5.74, 6) is 0. The molecule has 0 fully saturated rings. The molecule has 0 amide bonds. The van der Waals surface area contributed by atoms with Crippen LogP contribution in [0.5, 0.6) is 0 Å². The number of hydrogen-bond acceptors (Lipinski definition) is 1. The summed E-state index contributed by atoms with van der Waals surface area (Å²) in [7, 11) is -1.20. The minimum absolute atomic E-state index is 0.483. The van der Waals surface area contributed by atoms with Gasteiger partial charge in [-0.2, -0.15) is 0 Å². The average Bonchev–Trinajstić information content (AvgIpc) is 1.52. The molecule has 0 bridgehead atoms. The van der Waals surface area contributed by atoms with Crippen LogP contribution in [0.1, 0.15) is 20.8 Å². The Labute approximate surface area is 83.6 Å². The standard InChI is InChI=1S/C6H16NSi.3CH3.Sn/c1-6(2,3)8(4,5)7;;;;/h7H,1-5H3;3*1H3;/q-1;;;;+1. The second kappa shape index (κ2) is 3.62. The first-order chi connectivity index (χ1) is 4.96. The van der Waals surface area contributed by atoms with Crippen LogP contribution in [0.2, 0.25) is 33.0 Å². The normalized spacial score (nSPS) is 15.0. The molecule has 0 aromatic carbocycles. The van der Waals surface area contributed by atoms with Gasteiger partial charge in [-0.05, 0) is 0 Å². The Morgan fingerprint density at radius 3 is 1.42 bits per heavy atom. The van der Waals surface area contributed by atoms with Gasteiger partial charge < -0.3 is 0 Å². The molecule has 0 aliphatic heterocycles. The van der Waals surface area contributed by atoms with E-state index in [4.69, 9.17) is 0 Å². The van der Waals surface area contributed by atoms with Gasteiger partial charge >= 0.3 is 83.8 Å². The average molecular weight is 294 g/mol. The molecule has 0 aliphatic carbocycles. The topological polar surface area (TPSA) is 12.0 Å². The van der Waals surface area contributed by atoms with Crippen LogP contribution >= 0.6 is 0 Å². The zero-order valence-corrected chi connectivity index (χ0v) is 13.9. The predicted molar refractivity (Wildman–Crippen MR) is 63.7 cm³/mol. The van der Waals surface area contributed by atoms with Crippen molar-refractivity contribution in [2.24, 2.45) is 0 Å². The molecule has 0 atom stereocenters. The van der Waals surface area contributed by atoms with Crippen molar-refractivity contribution in [1.82, 2.24) is 3.20 Å². The Bertz CT molecular complexity index is 153. The van der Waals surface area contributed by atoms with Gasteiger partial charge in [0.05, 0.1) is 0 Å². The van der Waals surface area contributed by atoms with Crippen LogP contribution in [0.3, 0.4) is 0 Å². The van der Waals surface area contributed by atoms with Crippen LogP contribution < -0.4 is 3.20 Å². The van der Waals surface area contributed by atoms with E-state index >= 15 is 0 Å². The summed E-state index contributed by atoms with van der Waals surface area (Å²) in [6, 6.07) is 0. The summed E-state index contributed by atoms with van der Waals surface area (Å²) in [4.78, 5) is 7.36. The van der Waals surface area contributed by atoms with E-state index in [1.165, 1.54) is 0 Å². The third-order valence-corrected chi connectivity index (χ3v) is 19.5. The fraction of sp³-hybridized carbons (Fsp3) is 1.00. The molecule has 0 heterocycles. The Kier molecular flexibility index (Phi) is 3.91. The van der Waals surface area contributed by atoms with Crippen molar-refractivity contribution in [3.05, 3.63) is 0 Å². The van der Waals surface area contributed by atoms with E-state index in [1.54, 1.807) is 0 Å². The van der Waals surface area contributed by atoms with Crippen molar-refractivity contribution < 1.29 is 0 Å². The molecule has 0 aromatic rings. The molecule has 0 saturated heterocycles. The number of rotatable bonds is 2. The first-order valence-corrected chi connectivity index (χ1v) is 17.7. The molecule has 74 valence electrons. The van der Waals surface area contributed by atoms with E-state index in [-0.39, 0.29) is 0 Å². The van der Waals surface area contributed by atoms with E-state index in [1.807, 2.05) is 0 Å². The maximum absolute atomic E-state index is 3.98. The summed E-state index contributed by atoms with van der Waals surface area (Å²) < 4.78 is 3.98. The zero-order valence-electron chi connectivity index (χ0n) is 10.0. The fourth-order valence-corrected chi connectivity index (χ4v) is 22.6. The van der Waals surface area contributed by atoms with Gasteiger partial charge in [-0.15, -0.1) is 0 Å². The van der Waals surface area contributed by atoms with Crippen LogP contribution in [0, 0.1) is 0 Å². The predicted octanol–water partition coefficient (Wildman–Crippen LogP) is 3.42. The van der Waals surface area contributed by atoms with Crippen molar-refractivity contribution in [1.29, 1.82) is 0 Å². The molecule has 0 aliphatic rings. The summed E-state index contributed by atoms with van der Waals surface area (Å²) in [5.41, 5.74) is 0. The van der Waals surface area contributed by atoms with E-state index < -0.39 is 26.9 Å². The molecular formula is C9H25NSiSn. The van der Waals surface area contributed by atoms with Gasteiger partial charge in [-0.1, -0.05) is 0 Å². The van der Waals surface area contributed by atoms with E-state index in [0.717, 1.165) is 0 Å². The Morgan fingerprint density at radius 2 is 1.33 bits per heavy atom. The van der Waals surface area contributed by atoms with E-state index in [2.05, 4.69) is 51.9 Å². The van der Waals surface area contributed by atoms with Crippen LogP contribution in [0.25, 0.3) is 0 Å². The molecule has 0 unspecified atom stereocenters. The summed E-state index contributed by atoms with van der Waals surface area (Å²) >= 11 is -1.78. The van der Waals surface area contributed by atoms with Gasteiger partial charge in [-0.25, -0.2) is 0 Å². The molecule has 0 saturated carbocycles. The van der Waals surface area contributed by atoms with Gasteiger partial charge in [0.1, 0.15) is 0 Å². The third-order valence-electron chi connectivity index (χ3n) is 2.56. The van der Waals surface area contributed by atoms with Gasteiger partial charge in [0.15, 0.2) is 0 Å². The molecular weight excluding hydrogens is 269 g/mol. The van der Waals surface area contributed by atoms with Crippen molar-refractivity contribution in [3.63, 3.8) is 0 Å². The van der Waals surface area contributed by atoms with Crippen molar-refractivity contribution in [2.45, 2.75) is 53.7 Å². The van der Waals surface area contributed by atoms with Crippen LogP contribution in [-0.4, -0.2) is 26.9 Å². The quantitative estimate of drug-likeness (QED) is 0.770. The monoisotopic (exact) mass is 295 g/mol. The van der Waals surface area contributed by atoms with Gasteiger partial charge in [0.2, 0.25) is 0 Å². The molecule has 0 spiro atoms. The SMILES string of the molecule is CC(C)(C)[Si](C)(C)[NH][Sn]([CH3])([CH3])[CH3]. The minimum atomic E-state index is -1.78. The van der Waals surface area contributed by atoms with Crippen molar-refractivity contribution >= 4 is 26.9 Å². The number of hydrogen-bond donors (Lipinski definition) is 1. The Hall–Kier alpha value is 0.976. The summed E-state index contributed by atoms with van der Waals surface area (Å²) in [6.45, 7) is 12.0. The van der Waals surface area contributed by atoms with Crippen molar-refractivity contribution in [2.75, 3.05) is 0 Å². The van der Waals surface area contributed by atoms with Crippen LogP contribution in [-0.2, 0) is 0 Å². The molecule has 1 nitrogen and oxygen atoms in total. The first kappa shape index (κ1) is 13.0. The number of nitrogens with one attached hydrogen (secondary N) is 1. The van der Waals surface area contributed by atoms with Gasteiger partial charge in [0, 0.05) is 0 Å². The third kappa shape index (κ3) is 4.28. The molecule has 3 heteroatoms. The summed E-state index contributed by atoms with van der Waals surface area (Å²) in [6.07, 6.45) is 0. The van der Waals surface area contributed by atoms with Gasteiger partial charge in [-0.3, -0.25) is 0 Å². The molecule has 0 aromatic heterocycles. The fourth-order valence-electron chi connectivity index (χ4n) is 1.12. The van der Waals surface area contributed by atoms with E-state index in [9.17, 15) is 0 Å². The first-order valence-electron chi connectivity index (χ1n) is 4.75. The van der Waals surface area contributed by atoms with Crippen LogP contribution in [0.4, 0.5) is 0 Å². The Balaban J connectivity index is 4.44. The zero-order chi connectivity index (χ0) is 10.2. The van der Waals surface area contributed by atoms with E-state index in [0.29, 0.717) is 5.04 Å². The second-order valence-electron chi connectivity index (χ2n) is 6.25. The molecule has 0 radical (unpaired) electrons. The molecule has 0 rings (SSSR count). The van der Waals surface area contributed by atoms with Crippen molar-refractivity contribution in [3.8, 4) is 0 Å². The molecule has 1 N–H and O–H groups in total. The Morgan fingerprint density at radius 1 is 1.00 bits per heavy atom. The van der Waals surface area contributed by atoms with Crippen LogP contribution in [0.15, 0.2) is 0 Å². The van der Waals surface area contributed by atoms with Gasteiger partial charge in [0.25, 0.3) is 0 Å². The maximum atomic E-state index is 3.98. The molecule has 12 heavy (non-hydrogen) atoms. The summed E-state index contributed by atoms with van der Waals surface area (Å²) in [5, 5.41) is 0.483. The second-order valence-corrected chi connectivity index (χ2v) is 26.2.